The van der Waals surface area contributed by atoms with Gasteiger partial charge in [0.2, 0.25) is 5.89 Å². The zero-order valence-corrected chi connectivity index (χ0v) is 11.6. The molecule has 0 aromatic carbocycles. The van der Waals surface area contributed by atoms with E-state index >= 15 is 0 Å². The van der Waals surface area contributed by atoms with Crippen LogP contribution in [0.5, 0.6) is 0 Å². The Hall–Kier alpha value is -1.63. The van der Waals surface area contributed by atoms with Crippen molar-refractivity contribution in [2.24, 2.45) is 0 Å². The lowest BCUT2D eigenvalue weighted by atomic mass is 10.3. The lowest BCUT2D eigenvalue weighted by Gasteiger charge is -2.09. The second-order valence-corrected chi connectivity index (χ2v) is 4.65. The van der Waals surface area contributed by atoms with Crippen LogP contribution in [0, 0.1) is 13.8 Å². The molecule has 7 heteroatoms. The van der Waals surface area contributed by atoms with Gasteiger partial charge in [-0.25, -0.2) is 9.97 Å². The molecule has 1 N–H and O–H groups in total. The molecule has 0 bridgehead atoms. The Morgan fingerprint density at radius 1 is 1.22 bits per heavy atom. The topological polar surface area (TPSA) is 76.7 Å². The van der Waals surface area contributed by atoms with Gasteiger partial charge in [0, 0.05) is 26.0 Å². The highest BCUT2D eigenvalue weighted by atomic mass is 32.2. The van der Waals surface area contributed by atoms with E-state index in [9.17, 15) is 0 Å². The molecule has 0 saturated carbocycles. The number of aryl methyl sites for hydroxylation is 2. The van der Waals surface area contributed by atoms with Crippen LogP contribution in [-0.4, -0.2) is 27.2 Å². The van der Waals surface area contributed by atoms with Crippen LogP contribution in [0.25, 0.3) is 0 Å². The van der Waals surface area contributed by atoms with Crippen molar-refractivity contribution >= 4 is 17.6 Å². The predicted molar refractivity (Wildman–Crippen MR) is 68.9 cm³/mol. The fourth-order valence-corrected chi connectivity index (χ4v) is 2.25. The highest BCUT2D eigenvalue weighted by Gasteiger charge is 2.13. The van der Waals surface area contributed by atoms with Crippen molar-refractivity contribution in [1.29, 1.82) is 0 Å². The third-order valence-corrected chi connectivity index (χ3v) is 3.32. The average Bonchev–Trinajstić information content (AvgIpc) is 2.77. The number of anilines is 1. The Morgan fingerprint density at radius 2 is 2.00 bits per heavy atom. The van der Waals surface area contributed by atoms with Gasteiger partial charge in [0.05, 0.1) is 0 Å². The van der Waals surface area contributed by atoms with Gasteiger partial charge in [-0.05, 0) is 18.7 Å². The van der Waals surface area contributed by atoms with Gasteiger partial charge in [-0.15, -0.1) is 10.2 Å². The average molecular weight is 265 g/mol. The van der Waals surface area contributed by atoms with Gasteiger partial charge in [0.15, 0.2) is 0 Å². The first-order valence-electron chi connectivity index (χ1n) is 5.67. The van der Waals surface area contributed by atoms with Crippen LogP contribution in [0.1, 0.15) is 24.2 Å². The third-order valence-electron chi connectivity index (χ3n) is 2.39. The molecule has 2 rings (SSSR count). The number of nitrogens with zero attached hydrogens (tertiary/aromatic N) is 4. The van der Waals surface area contributed by atoms with Crippen molar-refractivity contribution in [2.45, 2.75) is 37.4 Å². The maximum absolute atomic E-state index is 5.35. The highest BCUT2D eigenvalue weighted by Crippen LogP contribution is 2.30. The number of rotatable bonds is 4. The standard InChI is InChI=1S/C11H15N5OS/c1-5-8-13-9(12-4)6(2)10(14-8)18-11-16-15-7(3)17-11/h5H2,1-4H3,(H,12,13,14). The van der Waals surface area contributed by atoms with Crippen LogP contribution in [0.15, 0.2) is 14.7 Å². The SMILES string of the molecule is CCc1nc(NC)c(C)c(Sc2nnc(C)o2)n1. The van der Waals surface area contributed by atoms with Crippen LogP contribution in [0.3, 0.4) is 0 Å². The molecule has 0 spiro atoms. The van der Waals surface area contributed by atoms with Crippen molar-refractivity contribution in [3.8, 4) is 0 Å². The summed E-state index contributed by atoms with van der Waals surface area (Å²) in [5, 5.41) is 12.2. The lowest BCUT2D eigenvalue weighted by Crippen LogP contribution is -2.04. The first-order chi connectivity index (χ1) is 8.63. The van der Waals surface area contributed by atoms with Gasteiger partial charge in [-0.3, -0.25) is 0 Å². The van der Waals surface area contributed by atoms with E-state index in [4.69, 9.17) is 4.42 Å². The molecule has 0 aliphatic heterocycles. The molecule has 0 fully saturated rings. The van der Waals surface area contributed by atoms with Crippen molar-refractivity contribution in [2.75, 3.05) is 12.4 Å². The molecular weight excluding hydrogens is 250 g/mol. The van der Waals surface area contributed by atoms with E-state index in [0.717, 1.165) is 28.7 Å². The minimum absolute atomic E-state index is 0.499. The lowest BCUT2D eigenvalue weighted by molar-refractivity contribution is 0.429. The largest absolute Gasteiger partial charge is 0.416 e. The molecule has 0 amide bonds. The quantitative estimate of drug-likeness (QED) is 0.849. The Labute approximate surface area is 110 Å². The first kappa shape index (κ1) is 12.8. The molecule has 0 aliphatic carbocycles. The summed E-state index contributed by atoms with van der Waals surface area (Å²) in [4.78, 5) is 8.90. The summed E-state index contributed by atoms with van der Waals surface area (Å²) in [5.41, 5.74) is 0.982. The number of hydrogen-bond donors (Lipinski definition) is 1. The van der Waals surface area contributed by atoms with Crippen LogP contribution >= 0.6 is 11.8 Å². The molecule has 18 heavy (non-hydrogen) atoms. The Balaban J connectivity index is 2.36. The monoisotopic (exact) mass is 265 g/mol. The van der Waals surface area contributed by atoms with E-state index in [0.29, 0.717) is 11.1 Å². The van der Waals surface area contributed by atoms with E-state index in [1.165, 1.54) is 11.8 Å². The fraction of sp³-hybridized carbons (Fsp3) is 0.455. The maximum atomic E-state index is 5.35. The van der Waals surface area contributed by atoms with Gasteiger partial charge >= 0.3 is 0 Å². The molecule has 0 aliphatic rings. The molecule has 0 atom stereocenters. The molecule has 6 nitrogen and oxygen atoms in total. The molecule has 0 radical (unpaired) electrons. The van der Waals surface area contributed by atoms with Gasteiger partial charge in [0.1, 0.15) is 16.7 Å². The molecule has 2 aromatic rings. The first-order valence-corrected chi connectivity index (χ1v) is 6.49. The molecule has 96 valence electrons. The van der Waals surface area contributed by atoms with E-state index in [1.807, 2.05) is 20.9 Å². The van der Waals surface area contributed by atoms with E-state index < -0.39 is 0 Å². The van der Waals surface area contributed by atoms with Crippen molar-refractivity contribution < 1.29 is 4.42 Å². The molecule has 0 saturated heterocycles. The zero-order valence-electron chi connectivity index (χ0n) is 10.8. The third kappa shape index (κ3) is 2.61. The summed E-state index contributed by atoms with van der Waals surface area (Å²) in [6.45, 7) is 5.76. The zero-order chi connectivity index (χ0) is 13.1. The van der Waals surface area contributed by atoms with Crippen molar-refractivity contribution in [1.82, 2.24) is 20.2 Å². The number of hydrogen-bond acceptors (Lipinski definition) is 7. The fourth-order valence-electron chi connectivity index (χ4n) is 1.44. The van der Waals surface area contributed by atoms with E-state index in [-0.39, 0.29) is 0 Å². The van der Waals surface area contributed by atoms with Gasteiger partial charge in [0.25, 0.3) is 5.22 Å². The summed E-state index contributed by atoms with van der Waals surface area (Å²) in [7, 11) is 1.85. The van der Waals surface area contributed by atoms with Crippen LogP contribution in [0.2, 0.25) is 0 Å². The van der Waals surface area contributed by atoms with Crippen LogP contribution in [-0.2, 0) is 6.42 Å². The Morgan fingerprint density at radius 3 is 2.56 bits per heavy atom. The summed E-state index contributed by atoms with van der Waals surface area (Å²) in [6.07, 6.45) is 0.783. The predicted octanol–water partition coefficient (Wildman–Crippen LogP) is 2.23. The number of aromatic nitrogens is 4. The number of nitrogens with one attached hydrogen (secondary N) is 1. The van der Waals surface area contributed by atoms with Crippen molar-refractivity contribution in [3.05, 3.63) is 17.3 Å². The summed E-state index contributed by atoms with van der Waals surface area (Å²) in [5.74, 6) is 2.18. The highest BCUT2D eigenvalue weighted by molar-refractivity contribution is 7.99. The minimum Gasteiger partial charge on any atom is -0.416 e. The van der Waals surface area contributed by atoms with Gasteiger partial charge in [-0.2, -0.15) is 0 Å². The normalized spacial score (nSPS) is 10.7. The maximum Gasteiger partial charge on any atom is 0.282 e. The molecule has 0 unspecified atom stereocenters. The summed E-state index contributed by atoms with van der Waals surface area (Å²) < 4.78 is 5.35. The van der Waals surface area contributed by atoms with Crippen LogP contribution in [0.4, 0.5) is 5.82 Å². The van der Waals surface area contributed by atoms with Crippen molar-refractivity contribution in [3.63, 3.8) is 0 Å². The van der Waals surface area contributed by atoms with Crippen LogP contribution < -0.4 is 5.32 Å². The van der Waals surface area contributed by atoms with Gasteiger partial charge < -0.3 is 9.73 Å². The summed E-state index contributed by atoms with van der Waals surface area (Å²) >= 11 is 1.36. The smallest absolute Gasteiger partial charge is 0.282 e. The Kier molecular flexibility index (Phi) is 3.81. The molecule has 2 aromatic heterocycles. The summed E-state index contributed by atoms with van der Waals surface area (Å²) in [6, 6.07) is 0. The minimum atomic E-state index is 0.499. The Bertz CT molecular complexity index is 554. The molecule has 2 heterocycles. The molecular formula is C11H15N5OS. The van der Waals surface area contributed by atoms with Gasteiger partial charge in [-0.1, -0.05) is 6.92 Å². The van der Waals surface area contributed by atoms with E-state index in [2.05, 4.69) is 25.5 Å². The second kappa shape index (κ2) is 5.34. The van der Waals surface area contributed by atoms with E-state index in [1.54, 1.807) is 6.92 Å². The second-order valence-electron chi connectivity index (χ2n) is 3.71.